The third-order valence-corrected chi connectivity index (χ3v) is 4.14. The van der Waals surface area contributed by atoms with E-state index in [0.717, 1.165) is 17.2 Å². The Hall–Kier alpha value is -2.39. The summed E-state index contributed by atoms with van der Waals surface area (Å²) < 4.78 is 0. The van der Waals surface area contributed by atoms with Gasteiger partial charge in [-0.2, -0.15) is 0 Å². The largest absolute Gasteiger partial charge is 0.367 e. The summed E-state index contributed by atoms with van der Waals surface area (Å²) in [5, 5.41) is 15.6. The lowest BCUT2D eigenvalue weighted by Gasteiger charge is -2.33. The molecule has 3 nitrogen and oxygen atoms in total. The lowest BCUT2D eigenvalue weighted by Crippen LogP contribution is -2.52. The molecule has 1 aliphatic carbocycles. The van der Waals surface area contributed by atoms with Crippen molar-refractivity contribution in [2.24, 2.45) is 5.92 Å². The van der Waals surface area contributed by atoms with Gasteiger partial charge in [0.2, 0.25) is 0 Å². The molecule has 22 heavy (non-hydrogen) atoms. The molecule has 3 rings (SSSR count). The molecule has 3 heteroatoms. The van der Waals surface area contributed by atoms with E-state index in [9.17, 15) is 9.90 Å². The molecule has 2 N–H and O–H groups in total. The summed E-state index contributed by atoms with van der Waals surface area (Å²) in [6, 6.07) is 13.4. The Kier molecular flexibility index (Phi) is 3.82. The minimum atomic E-state index is -1.33. The lowest BCUT2D eigenvalue weighted by molar-refractivity contribution is 0.0123. The molecular weight excluding hydrogens is 274 g/mol. The Labute approximate surface area is 130 Å². The second-order valence-corrected chi connectivity index (χ2v) is 5.60. The zero-order chi connectivity index (χ0) is 15.6. The predicted molar refractivity (Wildman–Crippen MR) is 88.4 cm³/mol. The van der Waals surface area contributed by atoms with Crippen LogP contribution in [0.3, 0.4) is 0 Å². The van der Waals surface area contributed by atoms with Crippen molar-refractivity contribution >= 4 is 16.7 Å². The van der Waals surface area contributed by atoms with E-state index in [1.807, 2.05) is 55.5 Å². The Morgan fingerprint density at radius 2 is 1.95 bits per heavy atom. The molecule has 0 aliphatic heterocycles. The molecule has 0 saturated carbocycles. The van der Waals surface area contributed by atoms with Gasteiger partial charge in [0.1, 0.15) is 0 Å². The number of fused-ring (bicyclic) bond motifs is 1. The van der Waals surface area contributed by atoms with Crippen molar-refractivity contribution < 1.29 is 9.90 Å². The van der Waals surface area contributed by atoms with E-state index >= 15 is 0 Å². The molecule has 1 aliphatic rings. The van der Waals surface area contributed by atoms with Gasteiger partial charge in [-0.15, -0.1) is 0 Å². The average Bonchev–Trinajstić information content (AvgIpc) is 2.54. The molecule has 2 atom stereocenters. The predicted octanol–water partition coefficient (Wildman–Crippen LogP) is 3.41. The van der Waals surface area contributed by atoms with Crippen LogP contribution in [-0.4, -0.2) is 16.7 Å². The number of allylic oxidation sites excluding steroid dienone is 2. The summed E-state index contributed by atoms with van der Waals surface area (Å²) >= 11 is 0. The van der Waals surface area contributed by atoms with Crippen molar-refractivity contribution in [3.05, 3.63) is 72.3 Å². The summed E-state index contributed by atoms with van der Waals surface area (Å²) in [6.07, 6.45) is 7.95. The van der Waals surface area contributed by atoms with Crippen LogP contribution < -0.4 is 5.32 Å². The van der Waals surface area contributed by atoms with E-state index < -0.39 is 5.72 Å². The Morgan fingerprint density at radius 1 is 1.18 bits per heavy atom. The molecule has 0 saturated heterocycles. The first-order chi connectivity index (χ1) is 10.6. The van der Waals surface area contributed by atoms with Crippen LogP contribution in [0.5, 0.6) is 0 Å². The molecule has 0 spiro atoms. The SMILES string of the molecule is CCC1C=CC=CC1(O)NC(=O)c1ccc2ccccc2c1. The van der Waals surface area contributed by atoms with Crippen molar-refractivity contribution in [3.63, 3.8) is 0 Å². The fourth-order valence-electron chi connectivity index (χ4n) is 2.84. The first-order valence-corrected chi connectivity index (χ1v) is 7.52. The molecule has 0 aromatic heterocycles. The fourth-order valence-corrected chi connectivity index (χ4v) is 2.84. The summed E-state index contributed by atoms with van der Waals surface area (Å²) in [7, 11) is 0. The third-order valence-electron chi connectivity index (χ3n) is 4.14. The van der Waals surface area contributed by atoms with Gasteiger partial charge in [0, 0.05) is 11.5 Å². The van der Waals surface area contributed by atoms with E-state index in [0.29, 0.717) is 5.56 Å². The molecule has 2 unspecified atom stereocenters. The Bertz CT molecular complexity index is 763. The molecular formula is C19H19NO2. The quantitative estimate of drug-likeness (QED) is 0.852. The number of carbonyl (C=O) groups excluding carboxylic acids is 1. The van der Waals surface area contributed by atoms with Crippen LogP contribution in [0.1, 0.15) is 23.7 Å². The monoisotopic (exact) mass is 293 g/mol. The second-order valence-electron chi connectivity index (χ2n) is 5.60. The molecule has 2 aromatic carbocycles. The molecule has 112 valence electrons. The maximum atomic E-state index is 12.5. The van der Waals surface area contributed by atoms with Gasteiger partial charge in [-0.1, -0.05) is 55.5 Å². The number of rotatable bonds is 3. The third kappa shape index (κ3) is 2.68. The van der Waals surface area contributed by atoms with Gasteiger partial charge in [0.05, 0.1) is 0 Å². The highest BCUT2D eigenvalue weighted by atomic mass is 16.3. The van der Waals surface area contributed by atoms with E-state index in [1.165, 1.54) is 0 Å². The number of nitrogens with one attached hydrogen (secondary N) is 1. The van der Waals surface area contributed by atoms with Crippen LogP contribution in [0, 0.1) is 5.92 Å². The first kappa shape index (κ1) is 14.5. The van der Waals surface area contributed by atoms with Crippen LogP contribution in [-0.2, 0) is 0 Å². The maximum absolute atomic E-state index is 12.5. The van der Waals surface area contributed by atoms with Gasteiger partial charge in [-0.3, -0.25) is 4.79 Å². The van der Waals surface area contributed by atoms with Gasteiger partial charge in [-0.25, -0.2) is 0 Å². The van der Waals surface area contributed by atoms with Gasteiger partial charge >= 0.3 is 0 Å². The highest BCUT2D eigenvalue weighted by Gasteiger charge is 2.34. The molecule has 1 amide bonds. The van der Waals surface area contributed by atoms with Crippen LogP contribution in [0.15, 0.2) is 66.8 Å². The number of benzene rings is 2. The zero-order valence-corrected chi connectivity index (χ0v) is 12.5. The minimum absolute atomic E-state index is 0.123. The van der Waals surface area contributed by atoms with Gasteiger partial charge < -0.3 is 10.4 Å². The minimum Gasteiger partial charge on any atom is -0.367 e. The first-order valence-electron chi connectivity index (χ1n) is 7.52. The maximum Gasteiger partial charge on any atom is 0.253 e. The number of aliphatic hydroxyl groups is 1. The standard InChI is InChI=1S/C19H19NO2/c1-2-17-9-5-6-12-19(17,22)20-18(21)16-11-10-14-7-3-4-8-15(14)13-16/h3-13,17,22H,2H2,1H3,(H,20,21). The summed E-state index contributed by atoms with van der Waals surface area (Å²) in [5.41, 5.74) is -0.781. The van der Waals surface area contributed by atoms with Crippen molar-refractivity contribution in [1.29, 1.82) is 0 Å². The van der Waals surface area contributed by atoms with Crippen LogP contribution in [0.2, 0.25) is 0 Å². The Morgan fingerprint density at radius 3 is 2.73 bits per heavy atom. The van der Waals surface area contributed by atoms with Crippen LogP contribution >= 0.6 is 0 Å². The fraction of sp³-hybridized carbons (Fsp3) is 0.211. The summed E-state index contributed by atoms with van der Waals surface area (Å²) in [6.45, 7) is 1.99. The Balaban J connectivity index is 1.86. The summed E-state index contributed by atoms with van der Waals surface area (Å²) in [4.78, 5) is 12.5. The van der Waals surface area contributed by atoms with Crippen LogP contribution in [0.4, 0.5) is 0 Å². The lowest BCUT2D eigenvalue weighted by atomic mass is 9.88. The number of hydrogen-bond donors (Lipinski definition) is 2. The highest BCUT2D eigenvalue weighted by molar-refractivity contribution is 5.99. The van der Waals surface area contributed by atoms with Crippen LogP contribution in [0.25, 0.3) is 10.8 Å². The van der Waals surface area contributed by atoms with Crippen molar-refractivity contribution in [2.45, 2.75) is 19.1 Å². The molecule has 0 heterocycles. The smallest absolute Gasteiger partial charge is 0.253 e. The van der Waals surface area contributed by atoms with E-state index in [4.69, 9.17) is 0 Å². The normalized spacial score (nSPS) is 23.6. The second kappa shape index (κ2) is 5.78. The van der Waals surface area contributed by atoms with E-state index in [2.05, 4.69) is 5.32 Å². The average molecular weight is 293 g/mol. The van der Waals surface area contributed by atoms with Crippen molar-refractivity contribution in [3.8, 4) is 0 Å². The van der Waals surface area contributed by atoms with Crippen molar-refractivity contribution in [2.75, 3.05) is 0 Å². The molecule has 0 radical (unpaired) electrons. The van der Waals surface area contributed by atoms with Crippen molar-refractivity contribution in [1.82, 2.24) is 5.32 Å². The number of carbonyl (C=O) groups is 1. The molecule has 2 aromatic rings. The highest BCUT2D eigenvalue weighted by Crippen LogP contribution is 2.25. The van der Waals surface area contributed by atoms with E-state index in [-0.39, 0.29) is 11.8 Å². The zero-order valence-electron chi connectivity index (χ0n) is 12.5. The van der Waals surface area contributed by atoms with Gasteiger partial charge in [0.15, 0.2) is 5.72 Å². The summed E-state index contributed by atoms with van der Waals surface area (Å²) in [5.74, 6) is -0.395. The topological polar surface area (TPSA) is 49.3 Å². The number of amides is 1. The van der Waals surface area contributed by atoms with Gasteiger partial charge in [0.25, 0.3) is 5.91 Å². The van der Waals surface area contributed by atoms with E-state index in [1.54, 1.807) is 18.2 Å². The molecule has 0 fully saturated rings. The molecule has 0 bridgehead atoms. The van der Waals surface area contributed by atoms with Gasteiger partial charge in [-0.05, 0) is 35.4 Å². The number of hydrogen-bond acceptors (Lipinski definition) is 2.